The maximum absolute atomic E-state index is 12.5. The zero-order valence-corrected chi connectivity index (χ0v) is 14.0. The van der Waals surface area contributed by atoms with Crippen molar-refractivity contribution in [2.45, 2.75) is 39.7 Å². The number of amides is 2. The third-order valence-corrected chi connectivity index (χ3v) is 4.18. The fraction of sp³-hybridized carbons (Fsp3) is 0.500. The maximum Gasteiger partial charge on any atom is 0.240 e. The number of aryl methyl sites for hydroxylation is 1. The Hall–Kier alpha value is -1.75. The second-order valence-corrected chi connectivity index (χ2v) is 6.37. The maximum atomic E-state index is 12.5. The molecule has 0 spiro atoms. The number of halogens is 1. The van der Waals surface area contributed by atoms with Crippen molar-refractivity contribution < 1.29 is 14.3 Å². The Morgan fingerprint density at radius 3 is 2.41 bits per heavy atom. The van der Waals surface area contributed by atoms with E-state index in [0.29, 0.717) is 29.3 Å². The number of nitrogens with one attached hydrogen (secondary N) is 2. The van der Waals surface area contributed by atoms with Crippen molar-refractivity contribution in [3.05, 3.63) is 22.7 Å². The molecular weight excluding hydrogens is 304 g/mol. The molecule has 0 radical (unpaired) electrons. The highest BCUT2D eigenvalue weighted by molar-refractivity contribution is 6.31. The largest absolute Gasteiger partial charge is 0.495 e. The summed E-state index contributed by atoms with van der Waals surface area (Å²) in [6.07, 6.45) is 1.12. The van der Waals surface area contributed by atoms with Crippen molar-refractivity contribution >= 4 is 29.1 Å². The van der Waals surface area contributed by atoms with Gasteiger partial charge in [-0.25, -0.2) is 0 Å². The Morgan fingerprint density at radius 2 is 1.91 bits per heavy atom. The molecule has 1 aromatic carbocycles. The quantitative estimate of drug-likeness (QED) is 0.818. The molecule has 5 nitrogen and oxygen atoms in total. The van der Waals surface area contributed by atoms with Gasteiger partial charge in [0.1, 0.15) is 11.2 Å². The zero-order valence-electron chi connectivity index (χ0n) is 13.2. The van der Waals surface area contributed by atoms with Crippen LogP contribution in [0.4, 0.5) is 5.69 Å². The van der Waals surface area contributed by atoms with E-state index >= 15 is 0 Å². The Bertz CT molecular complexity index is 610. The molecular formula is C16H21ClN2O3. The lowest BCUT2D eigenvalue weighted by atomic mass is 10.0. The first-order chi connectivity index (χ1) is 10.3. The van der Waals surface area contributed by atoms with Gasteiger partial charge in [0.2, 0.25) is 11.8 Å². The Labute approximate surface area is 135 Å². The summed E-state index contributed by atoms with van der Waals surface area (Å²) in [5.74, 6) is -0.0423. The molecule has 2 N–H and O–H groups in total. The van der Waals surface area contributed by atoms with Crippen molar-refractivity contribution in [3.8, 4) is 5.75 Å². The standard InChI is InChI=1S/C16H21ClN2O3/c1-9(2)18-14(20)16(5-6-16)15(21)19-12-7-10(3)11(17)8-13(12)22-4/h7-9H,5-6H2,1-4H3,(H,18,20)(H,19,21). The van der Waals surface area contributed by atoms with E-state index in [1.807, 2.05) is 20.8 Å². The van der Waals surface area contributed by atoms with Crippen LogP contribution in [0.5, 0.6) is 5.75 Å². The number of anilines is 1. The topological polar surface area (TPSA) is 67.4 Å². The van der Waals surface area contributed by atoms with Crippen LogP contribution < -0.4 is 15.4 Å². The van der Waals surface area contributed by atoms with Gasteiger partial charge in [0.15, 0.2) is 0 Å². The first-order valence-corrected chi connectivity index (χ1v) is 7.64. The van der Waals surface area contributed by atoms with Crippen molar-refractivity contribution in [1.29, 1.82) is 0 Å². The zero-order chi connectivity index (χ0) is 16.5. The predicted octanol–water partition coefficient (Wildman–Crippen LogP) is 2.90. The van der Waals surface area contributed by atoms with E-state index in [9.17, 15) is 9.59 Å². The smallest absolute Gasteiger partial charge is 0.240 e. The van der Waals surface area contributed by atoms with Gasteiger partial charge in [0.05, 0.1) is 12.8 Å². The third-order valence-electron chi connectivity index (χ3n) is 3.77. The van der Waals surface area contributed by atoms with Crippen LogP contribution >= 0.6 is 11.6 Å². The second-order valence-electron chi connectivity index (χ2n) is 5.97. The number of hydrogen-bond acceptors (Lipinski definition) is 3. The van der Waals surface area contributed by atoms with Gasteiger partial charge in [-0.15, -0.1) is 0 Å². The van der Waals surface area contributed by atoms with Gasteiger partial charge in [0, 0.05) is 17.1 Å². The van der Waals surface area contributed by atoms with Crippen molar-refractivity contribution in [1.82, 2.24) is 5.32 Å². The van der Waals surface area contributed by atoms with Crippen LogP contribution in [0.1, 0.15) is 32.3 Å². The van der Waals surface area contributed by atoms with E-state index < -0.39 is 5.41 Å². The molecule has 0 aromatic heterocycles. The lowest BCUT2D eigenvalue weighted by Gasteiger charge is -2.18. The lowest BCUT2D eigenvalue weighted by Crippen LogP contribution is -2.42. The van der Waals surface area contributed by atoms with Gasteiger partial charge < -0.3 is 15.4 Å². The fourth-order valence-electron chi connectivity index (χ4n) is 2.25. The highest BCUT2D eigenvalue weighted by Gasteiger charge is 2.56. The average molecular weight is 325 g/mol. The molecule has 0 saturated heterocycles. The van der Waals surface area contributed by atoms with Gasteiger partial charge in [-0.2, -0.15) is 0 Å². The number of hydrogen-bond donors (Lipinski definition) is 2. The van der Waals surface area contributed by atoms with Crippen molar-refractivity contribution in [2.75, 3.05) is 12.4 Å². The number of benzene rings is 1. The van der Waals surface area contributed by atoms with Gasteiger partial charge in [-0.1, -0.05) is 11.6 Å². The Morgan fingerprint density at radius 1 is 1.27 bits per heavy atom. The molecule has 0 aliphatic heterocycles. The highest BCUT2D eigenvalue weighted by atomic mass is 35.5. The van der Waals surface area contributed by atoms with Gasteiger partial charge >= 0.3 is 0 Å². The monoisotopic (exact) mass is 324 g/mol. The molecule has 2 rings (SSSR count). The molecule has 1 aliphatic rings. The minimum Gasteiger partial charge on any atom is -0.495 e. The first-order valence-electron chi connectivity index (χ1n) is 7.26. The molecule has 0 heterocycles. The van der Waals surface area contributed by atoms with Crippen molar-refractivity contribution in [2.24, 2.45) is 5.41 Å². The summed E-state index contributed by atoms with van der Waals surface area (Å²) in [5.41, 5.74) is 0.398. The first kappa shape index (κ1) is 16.6. The van der Waals surface area contributed by atoms with Crippen LogP contribution in [0.3, 0.4) is 0 Å². The molecule has 0 bridgehead atoms. The lowest BCUT2D eigenvalue weighted by molar-refractivity contribution is -0.134. The minimum atomic E-state index is -0.956. The second kappa shape index (κ2) is 6.16. The summed E-state index contributed by atoms with van der Waals surface area (Å²) in [6, 6.07) is 3.40. The van der Waals surface area contributed by atoms with Crippen LogP contribution in [0.2, 0.25) is 5.02 Å². The van der Waals surface area contributed by atoms with E-state index in [1.165, 1.54) is 7.11 Å². The van der Waals surface area contributed by atoms with E-state index in [4.69, 9.17) is 16.3 Å². The summed E-state index contributed by atoms with van der Waals surface area (Å²) in [4.78, 5) is 24.7. The molecule has 2 amide bonds. The summed E-state index contributed by atoms with van der Waals surface area (Å²) in [7, 11) is 1.51. The number of methoxy groups -OCH3 is 1. The Kier molecular flexibility index (Phi) is 4.66. The van der Waals surface area contributed by atoms with Crippen molar-refractivity contribution in [3.63, 3.8) is 0 Å². The molecule has 6 heteroatoms. The molecule has 0 atom stereocenters. The molecule has 1 aromatic rings. The number of carbonyl (C=O) groups excluding carboxylic acids is 2. The van der Waals surface area contributed by atoms with E-state index in [1.54, 1.807) is 12.1 Å². The van der Waals surface area contributed by atoms with Crippen LogP contribution in [-0.2, 0) is 9.59 Å². The molecule has 0 unspecified atom stereocenters. The fourth-order valence-corrected chi connectivity index (χ4v) is 2.41. The molecule has 120 valence electrons. The van der Waals surface area contributed by atoms with Gasteiger partial charge in [-0.3, -0.25) is 9.59 Å². The highest BCUT2D eigenvalue weighted by Crippen LogP contribution is 2.47. The van der Waals surface area contributed by atoms with E-state index in [0.717, 1.165) is 5.56 Å². The predicted molar refractivity (Wildman–Crippen MR) is 86.3 cm³/mol. The third kappa shape index (κ3) is 3.19. The number of ether oxygens (including phenoxy) is 1. The summed E-state index contributed by atoms with van der Waals surface area (Å²) in [5, 5.41) is 6.18. The van der Waals surface area contributed by atoms with Gasteiger partial charge in [-0.05, 0) is 45.2 Å². The minimum absolute atomic E-state index is 0.00471. The van der Waals surface area contributed by atoms with Crippen LogP contribution in [0.15, 0.2) is 12.1 Å². The van der Waals surface area contributed by atoms with E-state index in [-0.39, 0.29) is 17.9 Å². The van der Waals surface area contributed by atoms with Crippen LogP contribution in [-0.4, -0.2) is 25.0 Å². The molecule has 1 fully saturated rings. The number of carbonyl (C=O) groups is 2. The molecule has 1 saturated carbocycles. The van der Waals surface area contributed by atoms with E-state index in [2.05, 4.69) is 10.6 Å². The molecule has 1 aliphatic carbocycles. The summed E-state index contributed by atoms with van der Waals surface area (Å²) in [6.45, 7) is 5.59. The van der Waals surface area contributed by atoms with Gasteiger partial charge in [0.25, 0.3) is 0 Å². The summed E-state index contributed by atoms with van der Waals surface area (Å²) < 4.78 is 5.24. The average Bonchev–Trinajstić information content (AvgIpc) is 3.23. The normalized spacial score (nSPS) is 15.4. The number of rotatable bonds is 5. The Balaban J connectivity index is 2.19. The van der Waals surface area contributed by atoms with Crippen LogP contribution in [0, 0.1) is 12.3 Å². The molecule has 22 heavy (non-hydrogen) atoms. The van der Waals surface area contributed by atoms with Crippen LogP contribution in [0.25, 0.3) is 0 Å². The SMILES string of the molecule is COc1cc(Cl)c(C)cc1NC(=O)C1(C(=O)NC(C)C)CC1. The summed E-state index contributed by atoms with van der Waals surface area (Å²) >= 11 is 6.05.